The Kier molecular flexibility index (Phi) is 5.52. The van der Waals surface area contributed by atoms with Gasteiger partial charge in [0.1, 0.15) is 5.75 Å². The first kappa shape index (κ1) is 16.5. The van der Waals surface area contributed by atoms with Gasteiger partial charge in [-0.25, -0.2) is 0 Å². The molecule has 2 nitrogen and oxygen atoms in total. The van der Waals surface area contributed by atoms with Gasteiger partial charge < -0.3 is 4.74 Å². The van der Waals surface area contributed by atoms with Crippen molar-refractivity contribution < 1.29 is 18.3 Å². The summed E-state index contributed by atoms with van der Waals surface area (Å²) in [5, 5.41) is 0.672. The lowest BCUT2D eigenvalue weighted by Crippen LogP contribution is -2.01. The maximum atomic E-state index is 12.0. The van der Waals surface area contributed by atoms with Gasteiger partial charge in [-0.1, -0.05) is 41.4 Å². The third kappa shape index (κ3) is 4.55. The molecule has 0 aliphatic carbocycles. The van der Waals surface area contributed by atoms with Gasteiger partial charge in [-0.05, 0) is 42.0 Å². The number of benzene rings is 2. The highest BCUT2D eigenvalue weighted by Gasteiger charge is 2.06. The molecular weight excluding hydrogens is 333 g/mol. The molecule has 0 aliphatic heterocycles. The topological polar surface area (TPSA) is 26.3 Å². The molecule has 6 heteroatoms. The monoisotopic (exact) mass is 342 g/mol. The maximum absolute atomic E-state index is 12.0. The van der Waals surface area contributed by atoms with Gasteiger partial charge in [0.05, 0.1) is 10.0 Å². The molecular formula is C16H10Cl2F2O2. The minimum absolute atomic E-state index is 0.0583. The standard InChI is InChI=1S/C16H10Cl2F2O2/c17-13-7-4-11(9-14(13)18)15(21)8-3-10-1-5-12(6-2-10)22-16(19)20/h1-9,16H/b8-3+. The molecule has 22 heavy (non-hydrogen) atoms. The molecule has 0 heterocycles. The summed E-state index contributed by atoms with van der Waals surface area (Å²) < 4.78 is 28.3. The van der Waals surface area contributed by atoms with Crippen molar-refractivity contribution in [2.45, 2.75) is 6.61 Å². The van der Waals surface area contributed by atoms with Crippen molar-refractivity contribution in [2.75, 3.05) is 0 Å². The SMILES string of the molecule is O=C(/C=C/c1ccc(OC(F)F)cc1)c1ccc(Cl)c(Cl)c1. The summed E-state index contributed by atoms with van der Waals surface area (Å²) in [6.07, 6.45) is 2.93. The molecule has 114 valence electrons. The van der Waals surface area contributed by atoms with Crippen LogP contribution in [-0.4, -0.2) is 12.4 Å². The van der Waals surface area contributed by atoms with E-state index in [1.807, 2.05) is 0 Å². The molecule has 2 rings (SSSR count). The number of carbonyl (C=O) groups is 1. The van der Waals surface area contributed by atoms with Crippen LogP contribution in [0.25, 0.3) is 6.08 Å². The number of allylic oxidation sites excluding steroid dienone is 1. The number of halogens is 4. The fourth-order valence-corrected chi connectivity index (χ4v) is 1.98. The van der Waals surface area contributed by atoms with Crippen LogP contribution in [0.3, 0.4) is 0 Å². The number of alkyl halides is 2. The molecule has 2 aromatic carbocycles. The van der Waals surface area contributed by atoms with Gasteiger partial charge in [0.25, 0.3) is 0 Å². The summed E-state index contributed by atoms with van der Waals surface area (Å²) in [4.78, 5) is 12.0. The fraction of sp³-hybridized carbons (Fsp3) is 0.0625. The van der Waals surface area contributed by atoms with E-state index in [2.05, 4.69) is 4.74 Å². The zero-order valence-electron chi connectivity index (χ0n) is 11.1. The van der Waals surface area contributed by atoms with Gasteiger partial charge in [0.15, 0.2) is 5.78 Å². The minimum Gasteiger partial charge on any atom is -0.435 e. The molecule has 0 aliphatic rings. The van der Waals surface area contributed by atoms with Crippen molar-refractivity contribution >= 4 is 35.1 Å². The molecule has 0 spiro atoms. The van der Waals surface area contributed by atoms with Crippen LogP contribution in [0, 0.1) is 0 Å². The van der Waals surface area contributed by atoms with E-state index in [-0.39, 0.29) is 11.5 Å². The van der Waals surface area contributed by atoms with Gasteiger partial charge in [-0.3, -0.25) is 4.79 Å². The summed E-state index contributed by atoms with van der Waals surface area (Å²) in [5.41, 5.74) is 1.08. The second-order valence-electron chi connectivity index (χ2n) is 4.27. The van der Waals surface area contributed by atoms with Crippen LogP contribution in [0.5, 0.6) is 5.75 Å². The molecule has 0 saturated heterocycles. The molecule has 0 N–H and O–H groups in total. The Morgan fingerprint density at radius 2 is 1.73 bits per heavy atom. The van der Waals surface area contributed by atoms with E-state index in [1.165, 1.54) is 24.3 Å². The largest absolute Gasteiger partial charge is 0.435 e. The summed E-state index contributed by atoms with van der Waals surface area (Å²) >= 11 is 11.6. The second kappa shape index (κ2) is 7.38. The van der Waals surface area contributed by atoms with E-state index < -0.39 is 6.61 Å². The number of carbonyl (C=O) groups excluding carboxylic acids is 1. The van der Waals surface area contributed by atoms with E-state index in [4.69, 9.17) is 23.2 Å². The normalized spacial score (nSPS) is 11.1. The molecule has 0 saturated carbocycles. The van der Waals surface area contributed by atoms with Crippen LogP contribution in [0.4, 0.5) is 8.78 Å². The van der Waals surface area contributed by atoms with Crippen molar-refractivity contribution in [3.05, 3.63) is 69.7 Å². The van der Waals surface area contributed by atoms with Crippen molar-refractivity contribution in [3.8, 4) is 5.75 Å². The molecule has 0 aromatic heterocycles. The first-order valence-electron chi connectivity index (χ1n) is 6.18. The van der Waals surface area contributed by atoms with E-state index in [9.17, 15) is 13.6 Å². The lowest BCUT2D eigenvalue weighted by Gasteiger charge is -2.03. The van der Waals surface area contributed by atoms with Crippen LogP contribution in [0.15, 0.2) is 48.5 Å². The van der Waals surface area contributed by atoms with Gasteiger partial charge in [0.2, 0.25) is 0 Å². The van der Waals surface area contributed by atoms with Gasteiger partial charge >= 0.3 is 6.61 Å². The number of ether oxygens (including phenoxy) is 1. The molecule has 0 unspecified atom stereocenters. The highest BCUT2D eigenvalue weighted by molar-refractivity contribution is 6.42. The van der Waals surface area contributed by atoms with Gasteiger partial charge in [0, 0.05) is 5.56 Å². The minimum atomic E-state index is -2.86. The molecule has 0 fully saturated rings. The number of ketones is 1. The van der Waals surface area contributed by atoms with Crippen LogP contribution >= 0.6 is 23.2 Å². The maximum Gasteiger partial charge on any atom is 0.387 e. The van der Waals surface area contributed by atoms with Crippen molar-refractivity contribution in [1.29, 1.82) is 0 Å². The summed E-state index contributed by atoms with van der Waals surface area (Å²) in [7, 11) is 0. The summed E-state index contributed by atoms with van der Waals surface area (Å²) in [6, 6.07) is 10.5. The third-order valence-corrected chi connectivity index (χ3v) is 3.48. The Bertz CT molecular complexity index is 698. The number of hydrogen-bond donors (Lipinski definition) is 0. The van der Waals surface area contributed by atoms with Gasteiger partial charge in [-0.15, -0.1) is 0 Å². The lowest BCUT2D eigenvalue weighted by atomic mass is 10.1. The van der Waals surface area contributed by atoms with E-state index >= 15 is 0 Å². The highest BCUT2D eigenvalue weighted by atomic mass is 35.5. The molecule has 2 aromatic rings. The van der Waals surface area contributed by atoms with Crippen LogP contribution in [-0.2, 0) is 0 Å². The third-order valence-electron chi connectivity index (χ3n) is 2.74. The smallest absolute Gasteiger partial charge is 0.387 e. The predicted octanol–water partition coefficient (Wildman–Crippen LogP) is 5.49. The first-order valence-corrected chi connectivity index (χ1v) is 6.93. The summed E-state index contributed by atoms with van der Waals surface area (Å²) in [5.74, 6) is -0.186. The van der Waals surface area contributed by atoms with Gasteiger partial charge in [-0.2, -0.15) is 8.78 Å². The van der Waals surface area contributed by atoms with E-state index in [1.54, 1.807) is 30.3 Å². The Hall–Kier alpha value is -1.91. The highest BCUT2D eigenvalue weighted by Crippen LogP contribution is 2.23. The Balaban J connectivity index is 2.07. The molecule has 0 amide bonds. The lowest BCUT2D eigenvalue weighted by molar-refractivity contribution is -0.0498. The number of hydrogen-bond acceptors (Lipinski definition) is 2. The number of rotatable bonds is 5. The van der Waals surface area contributed by atoms with Crippen LogP contribution in [0.1, 0.15) is 15.9 Å². The van der Waals surface area contributed by atoms with Crippen molar-refractivity contribution in [2.24, 2.45) is 0 Å². The van der Waals surface area contributed by atoms with Crippen LogP contribution < -0.4 is 4.74 Å². The zero-order valence-corrected chi connectivity index (χ0v) is 12.6. The zero-order chi connectivity index (χ0) is 16.1. The van der Waals surface area contributed by atoms with E-state index in [0.717, 1.165) is 0 Å². The first-order chi connectivity index (χ1) is 10.5. The predicted molar refractivity (Wildman–Crippen MR) is 82.9 cm³/mol. The summed E-state index contributed by atoms with van der Waals surface area (Å²) in [6.45, 7) is -2.86. The van der Waals surface area contributed by atoms with Crippen molar-refractivity contribution in [1.82, 2.24) is 0 Å². The van der Waals surface area contributed by atoms with Crippen molar-refractivity contribution in [3.63, 3.8) is 0 Å². The van der Waals surface area contributed by atoms with Crippen LogP contribution in [0.2, 0.25) is 10.0 Å². The fourth-order valence-electron chi connectivity index (χ4n) is 1.68. The molecule has 0 radical (unpaired) electrons. The second-order valence-corrected chi connectivity index (χ2v) is 5.09. The molecule has 0 atom stereocenters. The quantitative estimate of drug-likeness (QED) is 0.530. The van der Waals surface area contributed by atoms with E-state index in [0.29, 0.717) is 21.2 Å². The average Bonchev–Trinajstić information content (AvgIpc) is 2.48. The Morgan fingerprint density at radius 3 is 2.32 bits per heavy atom. The molecule has 0 bridgehead atoms. The Labute approximate surface area is 135 Å². The average molecular weight is 343 g/mol. The Morgan fingerprint density at radius 1 is 1.05 bits per heavy atom.